The maximum atomic E-state index is 4.49. The van der Waals surface area contributed by atoms with Gasteiger partial charge in [-0.15, -0.1) is 0 Å². The van der Waals surface area contributed by atoms with E-state index in [4.69, 9.17) is 0 Å². The minimum atomic E-state index is 0.679. The molecule has 120 valence electrons. The summed E-state index contributed by atoms with van der Waals surface area (Å²) in [6.45, 7) is 3.84. The molecule has 1 heterocycles. The molecule has 0 atom stereocenters. The molecule has 0 saturated carbocycles. The summed E-state index contributed by atoms with van der Waals surface area (Å²) in [4.78, 5) is 8.90. The number of nitrogens with zero attached hydrogens (tertiary/aromatic N) is 3. The summed E-state index contributed by atoms with van der Waals surface area (Å²) in [6.07, 6.45) is 0. The highest BCUT2D eigenvalue weighted by molar-refractivity contribution is 9.10. The van der Waals surface area contributed by atoms with Gasteiger partial charge in [-0.25, -0.2) is 9.97 Å². The van der Waals surface area contributed by atoms with Crippen LogP contribution in [0.25, 0.3) is 11.3 Å². The van der Waals surface area contributed by atoms with E-state index in [0.717, 1.165) is 27.0 Å². The third-order valence-electron chi connectivity index (χ3n) is 3.51. The van der Waals surface area contributed by atoms with Gasteiger partial charge in [-0.05, 0) is 31.5 Å². The molecule has 0 aliphatic heterocycles. The normalized spacial score (nSPS) is 11.4. The van der Waals surface area contributed by atoms with E-state index in [-0.39, 0.29) is 0 Å². The molecule has 1 N–H and O–H groups in total. The van der Waals surface area contributed by atoms with Gasteiger partial charge in [0.05, 0.1) is 11.4 Å². The first-order valence-electron chi connectivity index (χ1n) is 7.59. The molecule has 0 saturated heterocycles. The molecule has 0 unspecified atom stereocenters. The van der Waals surface area contributed by atoms with E-state index in [1.807, 2.05) is 74.5 Å². The number of aryl methyl sites for hydroxylation is 1. The van der Waals surface area contributed by atoms with Gasteiger partial charge in [-0.2, -0.15) is 5.10 Å². The second-order valence-corrected chi connectivity index (χ2v) is 6.28. The van der Waals surface area contributed by atoms with Gasteiger partial charge in [-0.1, -0.05) is 58.4 Å². The van der Waals surface area contributed by atoms with Crippen molar-refractivity contribution in [3.63, 3.8) is 0 Å². The fourth-order valence-electron chi connectivity index (χ4n) is 2.28. The zero-order valence-corrected chi connectivity index (χ0v) is 15.1. The van der Waals surface area contributed by atoms with Gasteiger partial charge in [0.15, 0.2) is 0 Å². The van der Waals surface area contributed by atoms with Crippen molar-refractivity contribution in [1.29, 1.82) is 0 Å². The molecular formula is C19H17BrN4. The molecule has 0 fully saturated rings. The number of hydrogen-bond donors (Lipinski definition) is 1. The third kappa shape index (κ3) is 4.06. The Morgan fingerprint density at radius 3 is 2.42 bits per heavy atom. The van der Waals surface area contributed by atoms with Gasteiger partial charge >= 0.3 is 0 Å². The van der Waals surface area contributed by atoms with Crippen molar-refractivity contribution in [2.75, 3.05) is 5.43 Å². The Bertz CT molecular complexity index is 858. The van der Waals surface area contributed by atoms with Crippen LogP contribution in [0.15, 0.2) is 70.2 Å². The molecule has 0 bridgehead atoms. The monoisotopic (exact) mass is 380 g/mol. The topological polar surface area (TPSA) is 50.2 Å². The number of rotatable bonds is 4. The number of halogens is 1. The molecule has 0 radical (unpaired) electrons. The lowest BCUT2D eigenvalue weighted by Crippen LogP contribution is -2.02. The molecule has 3 aromatic rings. The molecule has 24 heavy (non-hydrogen) atoms. The molecular weight excluding hydrogens is 364 g/mol. The number of aromatic nitrogens is 2. The average molecular weight is 381 g/mol. The van der Waals surface area contributed by atoms with Crippen LogP contribution in [0.1, 0.15) is 18.3 Å². The quantitative estimate of drug-likeness (QED) is 0.508. The van der Waals surface area contributed by atoms with Crippen LogP contribution < -0.4 is 5.43 Å². The van der Waals surface area contributed by atoms with E-state index in [1.165, 1.54) is 0 Å². The SMILES string of the molecule is C/C(=N\Nc1cc(-c2ccccc2)nc(C)n1)c1ccc(Br)cc1. The van der Waals surface area contributed by atoms with Gasteiger partial charge in [0, 0.05) is 16.1 Å². The number of benzene rings is 2. The van der Waals surface area contributed by atoms with Gasteiger partial charge in [-0.3, -0.25) is 5.43 Å². The largest absolute Gasteiger partial charge is 0.261 e. The molecule has 2 aromatic carbocycles. The van der Waals surface area contributed by atoms with Crippen molar-refractivity contribution < 1.29 is 0 Å². The fourth-order valence-corrected chi connectivity index (χ4v) is 2.54. The molecule has 0 amide bonds. The minimum Gasteiger partial charge on any atom is -0.261 e. The smallest absolute Gasteiger partial charge is 0.150 e. The van der Waals surface area contributed by atoms with E-state index in [2.05, 4.69) is 36.4 Å². The number of nitrogens with one attached hydrogen (secondary N) is 1. The fraction of sp³-hybridized carbons (Fsp3) is 0.105. The summed E-state index contributed by atoms with van der Waals surface area (Å²) in [7, 11) is 0. The number of hydrogen-bond acceptors (Lipinski definition) is 4. The summed E-state index contributed by atoms with van der Waals surface area (Å²) < 4.78 is 1.05. The molecule has 3 rings (SSSR count). The lowest BCUT2D eigenvalue weighted by molar-refractivity contribution is 1.05. The van der Waals surface area contributed by atoms with E-state index < -0.39 is 0 Å². The van der Waals surface area contributed by atoms with Crippen LogP contribution in [0.3, 0.4) is 0 Å². The molecule has 0 spiro atoms. The second-order valence-electron chi connectivity index (χ2n) is 5.37. The predicted octanol–water partition coefficient (Wildman–Crippen LogP) is 5.05. The number of anilines is 1. The highest BCUT2D eigenvalue weighted by atomic mass is 79.9. The zero-order chi connectivity index (χ0) is 16.9. The predicted molar refractivity (Wildman–Crippen MR) is 102 cm³/mol. The Labute approximate surface area is 149 Å². The lowest BCUT2D eigenvalue weighted by atomic mass is 10.1. The molecule has 0 aliphatic rings. The highest BCUT2D eigenvalue weighted by Gasteiger charge is 2.04. The van der Waals surface area contributed by atoms with Gasteiger partial charge in [0.2, 0.25) is 0 Å². The zero-order valence-electron chi connectivity index (χ0n) is 13.5. The summed E-state index contributed by atoms with van der Waals surface area (Å²) in [5, 5.41) is 4.43. The third-order valence-corrected chi connectivity index (χ3v) is 4.04. The maximum absolute atomic E-state index is 4.49. The van der Waals surface area contributed by atoms with Crippen molar-refractivity contribution in [3.05, 3.63) is 76.5 Å². The van der Waals surface area contributed by atoms with Crippen molar-refractivity contribution >= 4 is 27.5 Å². The molecule has 5 heteroatoms. The van der Waals surface area contributed by atoms with Crippen molar-refractivity contribution in [1.82, 2.24) is 9.97 Å². The Morgan fingerprint density at radius 1 is 1.00 bits per heavy atom. The highest BCUT2D eigenvalue weighted by Crippen LogP contribution is 2.19. The van der Waals surface area contributed by atoms with E-state index >= 15 is 0 Å². The summed E-state index contributed by atoms with van der Waals surface area (Å²) in [5.74, 6) is 1.38. The lowest BCUT2D eigenvalue weighted by Gasteiger charge is -2.07. The standard InChI is InChI=1S/C19H17BrN4/c1-13(15-8-10-17(20)11-9-15)23-24-19-12-18(21-14(2)22-19)16-6-4-3-5-7-16/h3-12H,1-2H3,(H,21,22,24)/b23-13+. The molecule has 1 aromatic heterocycles. The Morgan fingerprint density at radius 2 is 1.71 bits per heavy atom. The van der Waals surface area contributed by atoms with E-state index in [0.29, 0.717) is 11.6 Å². The van der Waals surface area contributed by atoms with Gasteiger partial charge in [0.25, 0.3) is 0 Å². The Balaban J connectivity index is 1.84. The average Bonchev–Trinajstić information content (AvgIpc) is 2.60. The second kappa shape index (κ2) is 7.36. The Kier molecular flexibility index (Phi) is 5.01. The van der Waals surface area contributed by atoms with Crippen LogP contribution in [-0.4, -0.2) is 15.7 Å². The molecule has 4 nitrogen and oxygen atoms in total. The first-order chi connectivity index (χ1) is 11.6. The first-order valence-corrected chi connectivity index (χ1v) is 8.38. The van der Waals surface area contributed by atoms with Crippen LogP contribution >= 0.6 is 15.9 Å². The first kappa shape index (κ1) is 16.3. The van der Waals surface area contributed by atoms with Crippen LogP contribution in [0.4, 0.5) is 5.82 Å². The molecule has 0 aliphatic carbocycles. The van der Waals surface area contributed by atoms with Crippen LogP contribution in [0.5, 0.6) is 0 Å². The van der Waals surface area contributed by atoms with E-state index in [1.54, 1.807) is 0 Å². The van der Waals surface area contributed by atoms with Gasteiger partial charge < -0.3 is 0 Å². The van der Waals surface area contributed by atoms with Crippen molar-refractivity contribution in [3.8, 4) is 11.3 Å². The summed E-state index contributed by atoms with van der Waals surface area (Å²) in [6, 6.07) is 20.0. The summed E-state index contributed by atoms with van der Waals surface area (Å²) >= 11 is 3.44. The van der Waals surface area contributed by atoms with E-state index in [9.17, 15) is 0 Å². The minimum absolute atomic E-state index is 0.679. The van der Waals surface area contributed by atoms with Crippen LogP contribution in [0.2, 0.25) is 0 Å². The van der Waals surface area contributed by atoms with Gasteiger partial charge in [0.1, 0.15) is 11.6 Å². The van der Waals surface area contributed by atoms with Crippen molar-refractivity contribution in [2.24, 2.45) is 5.10 Å². The number of hydrazone groups is 1. The maximum Gasteiger partial charge on any atom is 0.150 e. The van der Waals surface area contributed by atoms with Crippen molar-refractivity contribution in [2.45, 2.75) is 13.8 Å². The summed E-state index contributed by atoms with van der Waals surface area (Å²) in [5.41, 5.74) is 6.91. The van der Waals surface area contributed by atoms with Crippen LogP contribution in [-0.2, 0) is 0 Å². The van der Waals surface area contributed by atoms with Crippen LogP contribution in [0, 0.1) is 6.92 Å². The Hall–Kier alpha value is -2.53.